The molecule has 0 saturated heterocycles. The van der Waals surface area contributed by atoms with E-state index in [0.717, 1.165) is 24.1 Å². The smallest absolute Gasteiger partial charge is 0.258 e. The van der Waals surface area contributed by atoms with Crippen LogP contribution in [0.3, 0.4) is 0 Å². The summed E-state index contributed by atoms with van der Waals surface area (Å²) in [4.78, 5) is 22.1. The zero-order valence-electron chi connectivity index (χ0n) is 16.5. The van der Waals surface area contributed by atoms with Crippen molar-refractivity contribution in [2.24, 2.45) is 0 Å². The molecular formula is C21H22FN3O4. The first-order valence-corrected chi connectivity index (χ1v) is 9.25. The van der Waals surface area contributed by atoms with Gasteiger partial charge in [-0.05, 0) is 35.7 Å². The number of fused-ring (bicyclic) bond motifs is 2. The third-order valence-electron chi connectivity index (χ3n) is 5.20. The number of nitrogens with one attached hydrogen (secondary N) is 1. The molecular weight excluding hydrogens is 377 g/mol. The van der Waals surface area contributed by atoms with Gasteiger partial charge in [-0.1, -0.05) is 0 Å². The lowest BCUT2D eigenvalue weighted by Gasteiger charge is -2.28. The molecule has 0 fully saturated rings. The molecule has 1 aromatic heterocycles. The lowest BCUT2D eigenvalue weighted by Crippen LogP contribution is -2.31. The van der Waals surface area contributed by atoms with E-state index in [2.05, 4.69) is 14.9 Å². The van der Waals surface area contributed by atoms with Crippen molar-refractivity contribution in [2.45, 2.75) is 19.5 Å². The number of benzene rings is 2. The molecule has 4 rings (SSSR count). The summed E-state index contributed by atoms with van der Waals surface area (Å²) in [6.07, 6.45) is 0.773. The summed E-state index contributed by atoms with van der Waals surface area (Å²) in [6, 6.07) is 6.60. The summed E-state index contributed by atoms with van der Waals surface area (Å²) in [5.41, 5.74) is 2.30. The van der Waals surface area contributed by atoms with Crippen molar-refractivity contribution < 1.29 is 18.6 Å². The molecule has 2 aromatic carbocycles. The number of aromatic amines is 1. The summed E-state index contributed by atoms with van der Waals surface area (Å²) >= 11 is 0. The molecule has 2 heterocycles. The topological polar surface area (TPSA) is 76.7 Å². The lowest BCUT2D eigenvalue weighted by atomic mass is 9.99. The van der Waals surface area contributed by atoms with E-state index in [9.17, 15) is 9.18 Å². The van der Waals surface area contributed by atoms with E-state index >= 15 is 0 Å². The maximum Gasteiger partial charge on any atom is 0.258 e. The standard InChI is InChI=1S/C21H22FN3O4/c1-27-17-7-12-4-5-25(10-13(12)6-15(17)22)11-20-23-16-9-19(29-3)18(28-2)8-14(16)21(26)24-20/h6-9H,4-5,10-11H2,1-3H3,(H,23,24,26). The van der Waals surface area contributed by atoms with Gasteiger partial charge in [-0.2, -0.15) is 0 Å². The summed E-state index contributed by atoms with van der Waals surface area (Å²) in [5, 5.41) is 0.435. The van der Waals surface area contributed by atoms with Gasteiger partial charge >= 0.3 is 0 Å². The largest absolute Gasteiger partial charge is 0.494 e. The molecule has 0 unspecified atom stereocenters. The van der Waals surface area contributed by atoms with Crippen LogP contribution in [0.2, 0.25) is 0 Å². The Balaban J connectivity index is 1.61. The maximum absolute atomic E-state index is 14.1. The summed E-state index contributed by atoms with van der Waals surface area (Å²) in [5.74, 6) is 1.44. The van der Waals surface area contributed by atoms with Gasteiger partial charge in [-0.3, -0.25) is 9.69 Å². The van der Waals surface area contributed by atoms with Crippen LogP contribution in [0.5, 0.6) is 17.2 Å². The molecule has 7 nitrogen and oxygen atoms in total. The Labute approximate surface area is 167 Å². The highest BCUT2D eigenvalue weighted by Gasteiger charge is 2.20. The van der Waals surface area contributed by atoms with Gasteiger partial charge in [0.15, 0.2) is 23.1 Å². The molecule has 1 N–H and O–H groups in total. The van der Waals surface area contributed by atoms with E-state index in [4.69, 9.17) is 14.2 Å². The highest BCUT2D eigenvalue weighted by Crippen LogP contribution is 2.30. The first-order valence-electron chi connectivity index (χ1n) is 9.25. The molecule has 0 aliphatic carbocycles. The number of nitrogens with zero attached hydrogens (tertiary/aromatic N) is 2. The van der Waals surface area contributed by atoms with Gasteiger partial charge in [0.05, 0.1) is 38.8 Å². The Morgan fingerprint density at radius 1 is 1.03 bits per heavy atom. The second-order valence-electron chi connectivity index (χ2n) is 6.95. The van der Waals surface area contributed by atoms with Crippen LogP contribution in [0.15, 0.2) is 29.1 Å². The Hall–Kier alpha value is -3.13. The SMILES string of the molecule is COc1cc2c(cc1F)CN(Cc1nc3cc(OC)c(OC)cc3c(=O)[nH]1)CC2. The van der Waals surface area contributed by atoms with Gasteiger partial charge < -0.3 is 19.2 Å². The van der Waals surface area contributed by atoms with Gasteiger partial charge in [0.1, 0.15) is 5.82 Å². The molecule has 0 atom stereocenters. The Morgan fingerprint density at radius 3 is 2.48 bits per heavy atom. The first-order chi connectivity index (χ1) is 14.0. The van der Waals surface area contributed by atoms with Crippen LogP contribution < -0.4 is 19.8 Å². The Morgan fingerprint density at radius 2 is 1.76 bits per heavy atom. The quantitative estimate of drug-likeness (QED) is 0.711. The van der Waals surface area contributed by atoms with Crippen molar-refractivity contribution in [3.05, 3.63) is 57.4 Å². The maximum atomic E-state index is 14.1. The molecule has 3 aromatic rings. The zero-order valence-corrected chi connectivity index (χ0v) is 16.5. The van der Waals surface area contributed by atoms with Crippen LogP contribution in [0, 0.1) is 5.82 Å². The number of aromatic nitrogens is 2. The summed E-state index contributed by atoms with van der Waals surface area (Å²) < 4.78 is 29.7. The minimum absolute atomic E-state index is 0.237. The van der Waals surface area contributed by atoms with Crippen molar-refractivity contribution in [1.29, 1.82) is 0 Å². The van der Waals surface area contributed by atoms with E-state index in [0.29, 0.717) is 41.3 Å². The van der Waals surface area contributed by atoms with E-state index in [-0.39, 0.29) is 17.1 Å². The molecule has 1 aliphatic heterocycles. The molecule has 0 spiro atoms. The predicted molar refractivity (Wildman–Crippen MR) is 106 cm³/mol. The second kappa shape index (κ2) is 7.71. The molecule has 0 bridgehead atoms. The number of hydrogen-bond donors (Lipinski definition) is 1. The van der Waals surface area contributed by atoms with Crippen molar-refractivity contribution in [3.8, 4) is 17.2 Å². The van der Waals surface area contributed by atoms with Gasteiger partial charge in [0.25, 0.3) is 5.56 Å². The summed E-state index contributed by atoms with van der Waals surface area (Å²) in [6.45, 7) is 1.80. The normalized spacial score (nSPS) is 13.9. The van der Waals surface area contributed by atoms with Crippen LogP contribution in [-0.4, -0.2) is 42.7 Å². The number of halogens is 1. The number of hydrogen-bond acceptors (Lipinski definition) is 6. The molecule has 0 saturated carbocycles. The van der Waals surface area contributed by atoms with E-state index < -0.39 is 0 Å². The van der Waals surface area contributed by atoms with Gasteiger partial charge in [-0.15, -0.1) is 0 Å². The fourth-order valence-electron chi connectivity index (χ4n) is 3.71. The highest BCUT2D eigenvalue weighted by molar-refractivity contribution is 5.81. The fourth-order valence-corrected chi connectivity index (χ4v) is 3.71. The number of methoxy groups -OCH3 is 3. The average molecular weight is 399 g/mol. The minimum atomic E-state index is -0.369. The molecule has 8 heteroatoms. The van der Waals surface area contributed by atoms with Crippen molar-refractivity contribution in [1.82, 2.24) is 14.9 Å². The van der Waals surface area contributed by atoms with Crippen LogP contribution in [0.4, 0.5) is 4.39 Å². The third-order valence-corrected chi connectivity index (χ3v) is 5.20. The monoisotopic (exact) mass is 399 g/mol. The van der Waals surface area contributed by atoms with Crippen LogP contribution >= 0.6 is 0 Å². The van der Waals surface area contributed by atoms with E-state index in [1.54, 1.807) is 18.2 Å². The summed E-state index contributed by atoms with van der Waals surface area (Å²) in [7, 11) is 4.52. The molecule has 0 radical (unpaired) electrons. The van der Waals surface area contributed by atoms with E-state index in [1.165, 1.54) is 27.4 Å². The van der Waals surface area contributed by atoms with Crippen LogP contribution in [0.25, 0.3) is 10.9 Å². The van der Waals surface area contributed by atoms with Crippen LogP contribution in [-0.2, 0) is 19.5 Å². The van der Waals surface area contributed by atoms with Crippen LogP contribution in [0.1, 0.15) is 17.0 Å². The number of rotatable bonds is 5. The van der Waals surface area contributed by atoms with Crippen molar-refractivity contribution in [2.75, 3.05) is 27.9 Å². The molecule has 29 heavy (non-hydrogen) atoms. The minimum Gasteiger partial charge on any atom is -0.494 e. The Kier molecular flexibility index (Phi) is 5.10. The molecule has 0 amide bonds. The number of H-pyrrole nitrogens is 1. The van der Waals surface area contributed by atoms with E-state index in [1.807, 2.05) is 0 Å². The first kappa shape index (κ1) is 19.2. The molecule has 1 aliphatic rings. The third kappa shape index (κ3) is 3.63. The Bertz CT molecular complexity index is 1130. The van der Waals surface area contributed by atoms with Gasteiger partial charge in [0.2, 0.25) is 0 Å². The van der Waals surface area contributed by atoms with Crippen molar-refractivity contribution in [3.63, 3.8) is 0 Å². The van der Waals surface area contributed by atoms with Gasteiger partial charge in [-0.25, -0.2) is 9.37 Å². The average Bonchev–Trinajstić information content (AvgIpc) is 2.72. The zero-order chi connectivity index (χ0) is 20.5. The van der Waals surface area contributed by atoms with Gasteiger partial charge in [0, 0.05) is 19.2 Å². The molecule has 152 valence electrons. The predicted octanol–water partition coefficient (Wildman–Crippen LogP) is 2.65. The van der Waals surface area contributed by atoms with Crippen molar-refractivity contribution >= 4 is 10.9 Å². The highest BCUT2D eigenvalue weighted by atomic mass is 19.1. The lowest BCUT2D eigenvalue weighted by molar-refractivity contribution is 0.238. The second-order valence-corrected chi connectivity index (χ2v) is 6.95. The fraction of sp³-hybridized carbons (Fsp3) is 0.333. The number of ether oxygens (including phenoxy) is 3.